The van der Waals surface area contributed by atoms with Crippen molar-refractivity contribution in [1.29, 1.82) is 0 Å². The van der Waals surface area contributed by atoms with Crippen molar-refractivity contribution in [3.63, 3.8) is 0 Å². The van der Waals surface area contributed by atoms with Crippen molar-refractivity contribution in [2.45, 2.75) is 34.1 Å². The molecule has 2 aromatic rings. The van der Waals surface area contributed by atoms with E-state index in [-0.39, 0.29) is 11.8 Å². The fourth-order valence-electron chi connectivity index (χ4n) is 2.27. The summed E-state index contributed by atoms with van der Waals surface area (Å²) in [4.78, 5) is 11.7. The van der Waals surface area contributed by atoms with E-state index >= 15 is 0 Å². The number of aryl methyl sites for hydroxylation is 2. The van der Waals surface area contributed by atoms with E-state index in [1.54, 1.807) is 0 Å². The van der Waals surface area contributed by atoms with Crippen molar-refractivity contribution in [3.05, 3.63) is 46.8 Å². The van der Waals surface area contributed by atoms with Crippen LogP contribution in [0.3, 0.4) is 0 Å². The van der Waals surface area contributed by atoms with E-state index in [1.165, 1.54) is 16.8 Å². The van der Waals surface area contributed by atoms with Crippen molar-refractivity contribution in [2.24, 2.45) is 13.0 Å². The van der Waals surface area contributed by atoms with E-state index < -0.39 is 0 Å². The summed E-state index contributed by atoms with van der Waals surface area (Å²) in [6.45, 7) is 7.90. The SMILES string of the molecule is Cc1nn(C)c(C)c1Cc1ccc(NC(=O)C(C)C)cc1. The zero-order valence-electron chi connectivity index (χ0n) is 13.4. The van der Waals surface area contributed by atoms with Crippen LogP contribution in [0.5, 0.6) is 0 Å². The van der Waals surface area contributed by atoms with Crippen LogP contribution in [0.2, 0.25) is 0 Å². The minimum absolute atomic E-state index is 0.00892. The number of carbonyl (C=O) groups is 1. The van der Waals surface area contributed by atoms with Gasteiger partial charge in [-0.05, 0) is 31.5 Å². The molecule has 1 heterocycles. The Labute approximate surface area is 126 Å². The molecule has 1 aromatic carbocycles. The van der Waals surface area contributed by atoms with Gasteiger partial charge in [0, 0.05) is 36.3 Å². The van der Waals surface area contributed by atoms with Crippen LogP contribution in [-0.4, -0.2) is 15.7 Å². The molecule has 0 radical (unpaired) electrons. The molecule has 21 heavy (non-hydrogen) atoms. The van der Waals surface area contributed by atoms with Gasteiger partial charge in [0.05, 0.1) is 5.69 Å². The second kappa shape index (κ2) is 6.12. The Balaban J connectivity index is 2.11. The number of amides is 1. The molecule has 0 spiro atoms. The third-order valence-corrected chi connectivity index (χ3v) is 3.79. The smallest absolute Gasteiger partial charge is 0.226 e. The zero-order chi connectivity index (χ0) is 15.6. The van der Waals surface area contributed by atoms with Gasteiger partial charge in [0.15, 0.2) is 0 Å². The number of rotatable bonds is 4. The highest BCUT2D eigenvalue weighted by Gasteiger charge is 2.10. The van der Waals surface area contributed by atoms with Gasteiger partial charge in [-0.25, -0.2) is 0 Å². The number of benzene rings is 1. The van der Waals surface area contributed by atoms with E-state index in [1.807, 2.05) is 44.6 Å². The number of anilines is 1. The fourth-order valence-corrected chi connectivity index (χ4v) is 2.27. The first kappa shape index (κ1) is 15.3. The van der Waals surface area contributed by atoms with E-state index in [4.69, 9.17) is 0 Å². The number of hydrogen-bond donors (Lipinski definition) is 1. The molecule has 112 valence electrons. The first-order valence-electron chi connectivity index (χ1n) is 7.27. The van der Waals surface area contributed by atoms with Gasteiger partial charge in [-0.1, -0.05) is 26.0 Å². The van der Waals surface area contributed by atoms with Crippen molar-refractivity contribution < 1.29 is 4.79 Å². The number of nitrogens with zero attached hydrogens (tertiary/aromatic N) is 2. The lowest BCUT2D eigenvalue weighted by Gasteiger charge is -2.09. The lowest BCUT2D eigenvalue weighted by Crippen LogP contribution is -2.17. The van der Waals surface area contributed by atoms with Crippen molar-refractivity contribution >= 4 is 11.6 Å². The van der Waals surface area contributed by atoms with Gasteiger partial charge in [0.25, 0.3) is 0 Å². The van der Waals surface area contributed by atoms with Gasteiger partial charge in [-0.15, -0.1) is 0 Å². The molecular formula is C17H23N3O. The normalized spacial score (nSPS) is 11.0. The maximum atomic E-state index is 11.7. The average Bonchev–Trinajstić information content (AvgIpc) is 2.67. The third kappa shape index (κ3) is 3.51. The zero-order valence-corrected chi connectivity index (χ0v) is 13.4. The molecule has 0 bridgehead atoms. The van der Waals surface area contributed by atoms with Crippen LogP contribution in [-0.2, 0) is 18.3 Å². The molecule has 0 aliphatic carbocycles. The van der Waals surface area contributed by atoms with Gasteiger partial charge in [-0.3, -0.25) is 9.48 Å². The first-order valence-corrected chi connectivity index (χ1v) is 7.27. The molecule has 0 aliphatic heterocycles. The summed E-state index contributed by atoms with van der Waals surface area (Å²) in [5.41, 5.74) is 5.61. The molecule has 1 N–H and O–H groups in total. The molecule has 0 fully saturated rings. The second-order valence-electron chi connectivity index (χ2n) is 5.79. The molecule has 0 atom stereocenters. The van der Waals surface area contributed by atoms with Crippen LogP contribution in [0.4, 0.5) is 5.69 Å². The second-order valence-corrected chi connectivity index (χ2v) is 5.79. The summed E-state index contributed by atoms with van der Waals surface area (Å²) in [5.74, 6) is 0.0343. The van der Waals surface area contributed by atoms with Gasteiger partial charge >= 0.3 is 0 Å². The largest absolute Gasteiger partial charge is 0.326 e. The Morgan fingerprint density at radius 3 is 2.33 bits per heavy atom. The van der Waals surface area contributed by atoms with Crippen LogP contribution >= 0.6 is 0 Å². The van der Waals surface area contributed by atoms with Gasteiger partial charge in [0.2, 0.25) is 5.91 Å². The Morgan fingerprint density at radius 1 is 1.24 bits per heavy atom. The Bertz CT molecular complexity index is 639. The number of nitrogens with one attached hydrogen (secondary N) is 1. The van der Waals surface area contributed by atoms with Gasteiger partial charge in [0.1, 0.15) is 0 Å². The fraction of sp³-hybridized carbons (Fsp3) is 0.412. The third-order valence-electron chi connectivity index (χ3n) is 3.79. The summed E-state index contributed by atoms with van der Waals surface area (Å²) in [6.07, 6.45) is 0.865. The monoisotopic (exact) mass is 285 g/mol. The van der Waals surface area contributed by atoms with Crippen molar-refractivity contribution in [1.82, 2.24) is 9.78 Å². The summed E-state index contributed by atoms with van der Waals surface area (Å²) in [5, 5.41) is 7.35. The molecule has 1 amide bonds. The Hall–Kier alpha value is -2.10. The molecular weight excluding hydrogens is 262 g/mol. The van der Waals surface area contributed by atoms with Crippen molar-refractivity contribution in [3.8, 4) is 0 Å². The summed E-state index contributed by atoms with van der Waals surface area (Å²) in [7, 11) is 1.97. The van der Waals surface area contributed by atoms with E-state index in [2.05, 4.69) is 29.5 Å². The number of carbonyl (C=O) groups excluding carboxylic acids is 1. The van der Waals surface area contributed by atoms with Gasteiger partial charge < -0.3 is 5.32 Å². The summed E-state index contributed by atoms with van der Waals surface area (Å²) < 4.78 is 1.92. The molecule has 2 rings (SSSR count). The van der Waals surface area contributed by atoms with Gasteiger partial charge in [-0.2, -0.15) is 5.10 Å². The average molecular weight is 285 g/mol. The quantitative estimate of drug-likeness (QED) is 0.937. The number of aromatic nitrogens is 2. The summed E-state index contributed by atoms with van der Waals surface area (Å²) >= 11 is 0. The lowest BCUT2D eigenvalue weighted by molar-refractivity contribution is -0.118. The Morgan fingerprint density at radius 2 is 1.86 bits per heavy atom. The predicted molar refractivity (Wildman–Crippen MR) is 85.4 cm³/mol. The number of hydrogen-bond acceptors (Lipinski definition) is 2. The van der Waals surface area contributed by atoms with E-state index in [9.17, 15) is 4.79 Å². The molecule has 1 aromatic heterocycles. The highest BCUT2D eigenvalue weighted by molar-refractivity contribution is 5.92. The maximum absolute atomic E-state index is 11.7. The van der Waals surface area contributed by atoms with Crippen LogP contribution in [0.25, 0.3) is 0 Å². The molecule has 0 unspecified atom stereocenters. The molecule has 4 heteroatoms. The summed E-state index contributed by atoms with van der Waals surface area (Å²) in [6, 6.07) is 8.02. The van der Waals surface area contributed by atoms with Crippen LogP contribution in [0.15, 0.2) is 24.3 Å². The standard InChI is InChI=1S/C17H23N3O/c1-11(2)17(21)18-15-8-6-14(7-9-15)10-16-12(3)19-20(5)13(16)4/h6-9,11H,10H2,1-5H3,(H,18,21). The maximum Gasteiger partial charge on any atom is 0.226 e. The lowest BCUT2D eigenvalue weighted by atomic mass is 10.0. The minimum atomic E-state index is -0.00892. The predicted octanol–water partition coefficient (Wildman–Crippen LogP) is 3.22. The molecule has 0 saturated heterocycles. The molecule has 4 nitrogen and oxygen atoms in total. The van der Waals surface area contributed by atoms with Crippen molar-refractivity contribution in [2.75, 3.05) is 5.32 Å². The highest BCUT2D eigenvalue weighted by atomic mass is 16.1. The molecule has 0 saturated carbocycles. The van der Waals surface area contributed by atoms with E-state index in [0.717, 1.165) is 17.8 Å². The Kier molecular flexibility index (Phi) is 4.46. The van der Waals surface area contributed by atoms with Crippen LogP contribution in [0.1, 0.15) is 36.4 Å². The topological polar surface area (TPSA) is 46.9 Å². The molecule has 0 aliphatic rings. The highest BCUT2D eigenvalue weighted by Crippen LogP contribution is 2.19. The van der Waals surface area contributed by atoms with Crippen LogP contribution in [0, 0.1) is 19.8 Å². The van der Waals surface area contributed by atoms with Crippen LogP contribution < -0.4 is 5.32 Å². The first-order chi connectivity index (χ1) is 9.88. The van der Waals surface area contributed by atoms with E-state index in [0.29, 0.717) is 0 Å². The minimum Gasteiger partial charge on any atom is -0.326 e.